The third kappa shape index (κ3) is 57.5. The van der Waals surface area contributed by atoms with Crippen LogP contribution in [0.1, 0.15) is 354 Å². The highest BCUT2D eigenvalue weighted by Gasteiger charge is 2.18. The lowest BCUT2D eigenvalue weighted by molar-refractivity contribution is -0.143. The molecule has 2 atom stereocenters. The van der Waals surface area contributed by atoms with Gasteiger partial charge in [0, 0.05) is 12.8 Å². The number of unbranched alkanes of at least 4 members (excludes halogenated alkanes) is 47. The fourth-order valence-electron chi connectivity index (χ4n) is 10.0. The van der Waals surface area contributed by atoms with E-state index in [9.17, 15) is 19.8 Å². The summed E-state index contributed by atoms with van der Waals surface area (Å²) < 4.78 is 5.49. The average Bonchev–Trinajstić information content (AvgIpc) is 3.37. The van der Waals surface area contributed by atoms with E-state index >= 15 is 0 Å². The molecule has 0 fully saturated rings. The first-order chi connectivity index (χ1) is 35.0. The predicted molar refractivity (Wildman–Crippen MR) is 310 cm³/mol. The van der Waals surface area contributed by atoms with Gasteiger partial charge in [0.2, 0.25) is 5.91 Å². The molecule has 6 heteroatoms. The highest BCUT2D eigenvalue weighted by atomic mass is 16.5. The first kappa shape index (κ1) is 69.3. The van der Waals surface area contributed by atoms with E-state index in [1.54, 1.807) is 6.08 Å². The van der Waals surface area contributed by atoms with Crippen LogP contribution in [0, 0.1) is 0 Å². The van der Waals surface area contributed by atoms with Crippen molar-refractivity contribution in [2.75, 3.05) is 13.2 Å². The first-order valence-electron chi connectivity index (χ1n) is 32.1. The first-order valence-corrected chi connectivity index (χ1v) is 32.1. The minimum absolute atomic E-state index is 0.00619. The Morgan fingerprint density at radius 3 is 1.00 bits per heavy atom. The molecule has 6 nitrogen and oxygen atoms in total. The van der Waals surface area contributed by atoms with E-state index in [1.165, 1.54) is 270 Å². The largest absolute Gasteiger partial charge is 0.466 e. The number of esters is 1. The van der Waals surface area contributed by atoms with Crippen LogP contribution in [0.3, 0.4) is 0 Å². The number of nitrogens with one attached hydrogen (secondary N) is 1. The molecule has 0 rings (SSSR count). The summed E-state index contributed by atoms with van der Waals surface area (Å²) in [6.45, 7) is 4.92. The molecule has 0 aliphatic carbocycles. The van der Waals surface area contributed by atoms with Gasteiger partial charge in [-0.05, 0) is 57.8 Å². The molecule has 0 saturated carbocycles. The van der Waals surface area contributed by atoms with Crippen molar-refractivity contribution in [3.63, 3.8) is 0 Å². The second-order valence-electron chi connectivity index (χ2n) is 22.1. The van der Waals surface area contributed by atoms with Crippen LogP contribution in [-0.4, -0.2) is 47.4 Å². The Hall–Kier alpha value is -1.66. The Labute approximate surface area is 443 Å². The van der Waals surface area contributed by atoms with Crippen LogP contribution in [0.25, 0.3) is 0 Å². The minimum atomic E-state index is -0.854. The lowest BCUT2D eigenvalue weighted by Gasteiger charge is -2.20. The zero-order valence-electron chi connectivity index (χ0n) is 48.0. The van der Waals surface area contributed by atoms with Crippen LogP contribution in [-0.2, 0) is 14.3 Å². The third-order valence-corrected chi connectivity index (χ3v) is 15.0. The second kappa shape index (κ2) is 60.9. The molecule has 2 unspecified atom stereocenters. The number of ether oxygens (including phenoxy) is 1. The maximum atomic E-state index is 12.5. The minimum Gasteiger partial charge on any atom is -0.466 e. The summed E-state index contributed by atoms with van der Waals surface area (Å²) in [5, 5.41) is 23.2. The van der Waals surface area contributed by atoms with Crippen LogP contribution in [0.2, 0.25) is 0 Å². The van der Waals surface area contributed by atoms with E-state index in [0.717, 1.165) is 57.8 Å². The number of carbonyl (C=O) groups excluding carboxylic acids is 2. The number of aliphatic hydroxyl groups excluding tert-OH is 2. The number of hydrogen-bond donors (Lipinski definition) is 3. The van der Waals surface area contributed by atoms with Crippen molar-refractivity contribution < 1.29 is 24.5 Å². The standard InChI is InChI=1S/C65H125NO5/c1-3-5-7-9-11-13-15-17-19-21-22-23-26-29-33-37-41-45-49-53-57-63(68)62(61-67)66-64(69)58-54-50-46-42-38-34-30-27-24-25-28-32-36-40-44-48-52-56-60-71-65(70)59-55-51-47-43-39-35-31-20-18-16-14-12-10-8-6-4-2/h27,30,53,57,62-63,67-68H,3-26,28-29,31-52,54-56,58-61H2,1-2H3,(H,66,69)/b30-27-,57-53+. The van der Waals surface area contributed by atoms with E-state index < -0.39 is 12.1 Å². The van der Waals surface area contributed by atoms with Gasteiger partial charge in [0.15, 0.2) is 0 Å². The van der Waals surface area contributed by atoms with Gasteiger partial charge in [0.25, 0.3) is 0 Å². The van der Waals surface area contributed by atoms with Crippen LogP contribution < -0.4 is 5.32 Å². The monoisotopic (exact) mass is 1000 g/mol. The fraction of sp³-hybridized carbons (Fsp3) is 0.908. The van der Waals surface area contributed by atoms with Crippen molar-refractivity contribution in [1.82, 2.24) is 5.32 Å². The SMILES string of the molecule is CCCCCCCCCCCCCCCCCCCC/C=C/C(O)C(CO)NC(=O)CCCCCCC/C=C\CCCCCCCCCCCOC(=O)CCCCCCCCCCCCCCCCCC. The molecule has 0 spiro atoms. The maximum Gasteiger partial charge on any atom is 0.305 e. The van der Waals surface area contributed by atoms with Crippen molar-refractivity contribution >= 4 is 11.9 Å². The molecular formula is C65H125NO5. The molecule has 0 aromatic rings. The molecule has 1 amide bonds. The number of hydrogen-bond acceptors (Lipinski definition) is 5. The predicted octanol–water partition coefficient (Wildman–Crippen LogP) is 20.2. The van der Waals surface area contributed by atoms with Gasteiger partial charge in [-0.25, -0.2) is 0 Å². The summed E-state index contributed by atoms with van der Waals surface area (Å²) in [7, 11) is 0. The summed E-state index contributed by atoms with van der Waals surface area (Å²) in [5.41, 5.74) is 0. The summed E-state index contributed by atoms with van der Waals surface area (Å²) in [6.07, 6.45) is 75.0. The number of allylic oxidation sites excluding steroid dienone is 3. The number of amides is 1. The summed E-state index contributed by atoms with van der Waals surface area (Å²) >= 11 is 0. The summed E-state index contributed by atoms with van der Waals surface area (Å²) in [6, 6.07) is -0.638. The van der Waals surface area contributed by atoms with Gasteiger partial charge < -0.3 is 20.3 Å². The Balaban J connectivity index is 3.46. The molecule has 0 radical (unpaired) electrons. The van der Waals surface area contributed by atoms with Crippen LogP contribution in [0.5, 0.6) is 0 Å². The highest BCUT2D eigenvalue weighted by molar-refractivity contribution is 5.76. The van der Waals surface area contributed by atoms with Gasteiger partial charge in [0.05, 0.1) is 25.4 Å². The lowest BCUT2D eigenvalue weighted by Crippen LogP contribution is -2.45. The van der Waals surface area contributed by atoms with Crippen molar-refractivity contribution in [2.24, 2.45) is 0 Å². The Bertz CT molecular complexity index is 1110. The maximum absolute atomic E-state index is 12.5. The molecule has 0 aliphatic rings. The molecule has 0 aromatic carbocycles. The van der Waals surface area contributed by atoms with Gasteiger partial charge in [-0.2, -0.15) is 0 Å². The van der Waals surface area contributed by atoms with Crippen molar-refractivity contribution in [1.29, 1.82) is 0 Å². The lowest BCUT2D eigenvalue weighted by atomic mass is 10.0. The van der Waals surface area contributed by atoms with Crippen LogP contribution >= 0.6 is 0 Å². The van der Waals surface area contributed by atoms with Crippen LogP contribution in [0.4, 0.5) is 0 Å². The van der Waals surface area contributed by atoms with Gasteiger partial charge in [-0.1, -0.05) is 308 Å². The van der Waals surface area contributed by atoms with E-state index in [0.29, 0.717) is 19.4 Å². The zero-order chi connectivity index (χ0) is 51.4. The molecule has 420 valence electrons. The highest BCUT2D eigenvalue weighted by Crippen LogP contribution is 2.18. The van der Waals surface area contributed by atoms with Crippen LogP contribution in [0.15, 0.2) is 24.3 Å². The molecular weight excluding hydrogens is 875 g/mol. The number of carbonyl (C=O) groups is 2. The number of aliphatic hydroxyl groups is 2. The molecule has 0 saturated heterocycles. The summed E-state index contributed by atoms with van der Waals surface area (Å²) in [4.78, 5) is 24.6. The second-order valence-corrected chi connectivity index (χ2v) is 22.1. The number of rotatable bonds is 60. The van der Waals surface area contributed by atoms with Gasteiger partial charge in [-0.3, -0.25) is 9.59 Å². The van der Waals surface area contributed by atoms with E-state index in [-0.39, 0.29) is 18.5 Å². The molecule has 71 heavy (non-hydrogen) atoms. The molecule has 0 bridgehead atoms. The fourth-order valence-corrected chi connectivity index (χ4v) is 10.0. The van der Waals surface area contributed by atoms with E-state index in [1.807, 2.05) is 6.08 Å². The Morgan fingerprint density at radius 2 is 0.662 bits per heavy atom. The van der Waals surface area contributed by atoms with Gasteiger partial charge in [-0.15, -0.1) is 0 Å². The summed E-state index contributed by atoms with van der Waals surface area (Å²) in [5.74, 6) is -0.0729. The molecule has 0 heterocycles. The van der Waals surface area contributed by atoms with E-state index in [2.05, 4.69) is 31.3 Å². The van der Waals surface area contributed by atoms with Gasteiger partial charge >= 0.3 is 5.97 Å². The van der Waals surface area contributed by atoms with Gasteiger partial charge in [0.1, 0.15) is 0 Å². The zero-order valence-corrected chi connectivity index (χ0v) is 48.0. The van der Waals surface area contributed by atoms with Crippen molar-refractivity contribution in [3.8, 4) is 0 Å². The molecule has 0 aromatic heterocycles. The van der Waals surface area contributed by atoms with Crippen molar-refractivity contribution in [2.45, 2.75) is 366 Å². The normalized spacial score (nSPS) is 12.7. The molecule has 3 N–H and O–H groups in total. The van der Waals surface area contributed by atoms with Crippen molar-refractivity contribution in [3.05, 3.63) is 24.3 Å². The molecule has 0 aliphatic heterocycles. The Kier molecular flexibility index (Phi) is 59.5. The smallest absolute Gasteiger partial charge is 0.305 e. The quantitative estimate of drug-likeness (QED) is 0.0320. The Morgan fingerprint density at radius 1 is 0.380 bits per heavy atom. The van der Waals surface area contributed by atoms with E-state index in [4.69, 9.17) is 4.74 Å². The topological polar surface area (TPSA) is 95.9 Å². The third-order valence-electron chi connectivity index (χ3n) is 15.0. The average molecular weight is 1000 g/mol.